The first-order valence-electron chi connectivity index (χ1n) is 9.68. The van der Waals surface area contributed by atoms with Gasteiger partial charge in [0.15, 0.2) is 12.4 Å². The summed E-state index contributed by atoms with van der Waals surface area (Å²) in [5.74, 6) is 2.10. The van der Waals surface area contributed by atoms with Gasteiger partial charge in [0, 0.05) is 5.41 Å². The smallest absolute Gasteiger partial charge is 0.310 e. The standard InChI is InChI=1S/C22H28O3/c1-14-3-4-16(5-15(14)2)9-21(24)25-13-20(23)22-10-17-6-18(11-22)8-19(7-17)12-22/h3-5,17-19H,6-13H2,1-2H3. The minimum absolute atomic E-state index is 0.0319. The van der Waals surface area contributed by atoms with Gasteiger partial charge in [0.1, 0.15) is 0 Å². The van der Waals surface area contributed by atoms with Crippen LogP contribution in [0.5, 0.6) is 0 Å². The predicted octanol–water partition coefficient (Wildman–Crippen LogP) is 4.17. The molecule has 0 unspecified atom stereocenters. The minimum atomic E-state index is -0.290. The van der Waals surface area contributed by atoms with E-state index in [1.165, 1.54) is 30.4 Å². The van der Waals surface area contributed by atoms with Gasteiger partial charge in [-0.05, 0) is 86.8 Å². The molecule has 0 saturated heterocycles. The third-order valence-electron chi connectivity index (χ3n) is 6.91. The van der Waals surface area contributed by atoms with Crippen LogP contribution < -0.4 is 0 Å². The van der Waals surface area contributed by atoms with E-state index in [4.69, 9.17) is 4.74 Å². The third kappa shape index (κ3) is 3.26. The van der Waals surface area contributed by atoms with Crippen LogP contribution in [0.1, 0.15) is 55.2 Å². The molecule has 0 aromatic heterocycles. The summed E-state index contributed by atoms with van der Waals surface area (Å²) < 4.78 is 5.38. The minimum Gasteiger partial charge on any atom is -0.457 e. The lowest BCUT2D eigenvalue weighted by Gasteiger charge is -2.55. The number of ether oxygens (including phenoxy) is 1. The van der Waals surface area contributed by atoms with Crippen LogP contribution in [0.3, 0.4) is 0 Å². The van der Waals surface area contributed by atoms with Crippen LogP contribution in [-0.4, -0.2) is 18.4 Å². The molecule has 0 aliphatic heterocycles. The maximum absolute atomic E-state index is 12.9. The van der Waals surface area contributed by atoms with Crippen molar-refractivity contribution in [3.05, 3.63) is 34.9 Å². The van der Waals surface area contributed by atoms with Gasteiger partial charge < -0.3 is 4.74 Å². The first kappa shape index (κ1) is 16.8. The van der Waals surface area contributed by atoms with E-state index < -0.39 is 0 Å². The molecule has 1 aromatic carbocycles. The molecule has 4 fully saturated rings. The highest BCUT2D eigenvalue weighted by Gasteiger charge is 2.54. The molecule has 25 heavy (non-hydrogen) atoms. The molecule has 134 valence electrons. The molecule has 4 bridgehead atoms. The summed E-state index contributed by atoms with van der Waals surface area (Å²) in [6, 6.07) is 6.01. The zero-order valence-corrected chi connectivity index (χ0v) is 15.3. The average Bonchev–Trinajstić information content (AvgIpc) is 2.55. The number of carbonyl (C=O) groups excluding carboxylic acids is 2. The Bertz CT molecular complexity index is 668. The SMILES string of the molecule is Cc1ccc(CC(=O)OCC(=O)C23CC4CC(CC(C4)C2)C3)cc1C. The maximum Gasteiger partial charge on any atom is 0.310 e. The number of benzene rings is 1. The molecule has 0 spiro atoms. The lowest BCUT2D eigenvalue weighted by molar-refractivity contribution is -0.157. The average molecular weight is 340 g/mol. The van der Waals surface area contributed by atoms with Crippen molar-refractivity contribution in [2.45, 2.75) is 58.8 Å². The van der Waals surface area contributed by atoms with Gasteiger partial charge in [0.2, 0.25) is 0 Å². The molecule has 4 aliphatic rings. The van der Waals surface area contributed by atoms with Crippen molar-refractivity contribution >= 4 is 11.8 Å². The van der Waals surface area contributed by atoms with Crippen LogP contribution in [0.25, 0.3) is 0 Å². The van der Waals surface area contributed by atoms with Crippen LogP contribution in [0.4, 0.5) is 0 Å². The molecule has 0 amide bonds. The van der Waals surface area contributed by atoms with Gasteiger partial charge in [-0.3, -0.25) is 9.59 Å². The lowest BCUT2D eigenvalue weighted by atomic mass is 9.48. The summed E-state index contributed by atoms with van der Waals surface area (Å²) in [5, 5.41) is 0. The number of aryl methyl sites for hydroxylation is 2. The van der Waals surface area contributed by atoms with E-state index in [2.05, 4.69) is 6.92 Å². The monoisotopic (exact) mass is 340 g/mol. The maximum atomic E-state index is 12.9. The second kappa shape index (κ2) is 6.26. The van der Waals surface area contributed by atoms with Crippen LogP contribution in [0.15, 0.2) is 18.2 Å². The summed E-state index contributed by atoms with van der Waals surface area (Å²) in [6.45, 7) is 4.07. The Kier molecular flexibility index (Phi) is 4.21. The van der Waals surface area contributed by atoms with Gasteiger partial charge >= 0.3 is 5.97 Å². The van der Waals surface area contributed by atoms with E-state index in [-0.39, 0.29) is 30.2 Å². The Morgan fingerprint density at radius 3 is 2.16 bits per heavy atom. The molecule has 5 rings (SSSR count). The van der Waals surface area contributed by atoms with E-state index in [9.17, 15) is 9.59 Å². The van der Waals surface area contributed by atoms with Crippen molar-refractivity contribution in [3.63, 3.8) is 0 Å². The fourth-order valence-electron chi connectivity index (χ4n) is 5.88. The largest absolute Gasteiger partial charge is 0.457 e. The number of esters is 1. The number of rotatable bonds is 5. The summed E-state index contributed by atoms with van der Waals surface area (Å²) >= 11 is 0. The number of ketones is 1. The van der Waals surface area contributed by atoms with Gasteiger partial charge in [-0.25, -0.2) is 0 Å². The summed E-state index contributed by atoms with van der Waals surface area (Å²) in [4.78, 5) is 25.0. The Balaban J connectivity index is 1.34. The molecule has 0 atom stereocenters. The van der Waals surface area contributed by atoms with Gasteiger partial charge in [0.25, 0.3) is 0 Å². The molecular weight excluding hydrogens is 312 g/mol. The third-order valence-corrected chi connectivity index (χ3v) is 6.91. The highest BCUT2D eigenvalue weighted by molar-refractivity contribution is 5.88. The zero-order chi connectivity index (χ0) is 17.6. The molecule has 3 heteroatoms. The van der Waals surface area contributed by atoms with Crippen LogP contribution in [-0.2, 0) is 20.7 Å². The van der Waals surface area contributed by atoms with E-state index >= 15 is 0 Å². The van der Waals surface area contributed by atoms with Crippen molar-refractivity contribution in [2.24, 2.45) is 23.2 Å². The highest BCUT2D eigenvalue weighted by Crippen LogP contribution is 2.60. The van der Waals surface area contributed by atoms with Crippen LogP contribution in [0, 0.1) is 37.0 Å². The molecule has 4 saturated carbocycles. The number of hydrogen-bond acceptors (Lipinski definition) is 3. The fourth-order valence-corrected chi connectivity index (χ4v) is 5.88. The summed E-state index contributed by atoms with van der Waals surface area (Å²) in [5.41, 5.74) is 3.18. The van der Waals surface area contributed by atoms with Gasteiger partial charge in [-0.2, -0.15) is 0 Å². The fraction of sp³-hybridized carbons (Fsp3) is 0.636. The van der Waals surface area contributed by atoms with Crippen LogP contribution >= 0.6 is 0 Å². The molecule has 0 radical (unpaired) electrons. The molecular formula is C22H28O3. The van der Waals surface area contributed by atoms with Gasteiger partial charge in [-0.15, -0.1) is 0 Å². The number of Topliss-reactive ketones (excluding diaryl/α,β-unsaturated/α-hetero) is 1. The van der Waals surface area contributed by atoms with Crippen LogP contribution in [0.2, 0.25) is 0 Å². The Hall–Kier alpha value is -1.64. The number of carbonyl (C=O) groups is 2. The first-order chi connectivity index (χ1) is 11.9. The van der Waals surface area contributed by atoms with E-state index in [1.807, 2.05) is 25.1 Å². The molecule has 0 N–H and O–H groups in total. The molecule has 0 heterocycles. The summed E-state index contributed by atoms with van der Waals surface area (Å²) in [7, 11) is 0. The quantitative estimate of drug-likeness (QED) is 0.756. The van der Waals surface area contributed by atoms with Crippen molar-refractivity contribution in [3.8, 4) is 0 Å². The number of hydrogen-bond donors (Lipinski definition) is 0. The van der Waals surface area contributed by atoms with Crippen molar-refractivity contribution in [2.75, 3.05) is 6.61 Å². The topological polar surface area (TPSA) is 43.4 Å². The Labute approximate surface area is 150 Å². The normalized spacial score (nSPS) is 32.6. The Morgan fingerprint density at radius 2 is 1.60 bits per heavy atom. The first-order valence-corrected chi connectivity index (χ1v) is 9.68. The Morgan fingerprint density at radius 1 is 1.00 bits per heavy atom. The van der Waals surface area contributed by atoms with Gasteiger partial charge in [-0.1, -0.05) is 18.2 Å². The predicted molar refractivity (Wildman–Crippen MR) is 96.2 cm³/mol. The summed E-state index contributed by atoms with van der Waals surface area (Å²) in [6.07, 6.45) is 7.30. The van der Waals surface area contributed by atoms with Crippen molar-refractivity contribution in [1.29, 1.82) is 0 Å². The molecule has 1 aromatic rings. The second-order valence-electron chi connectivity index (χ2n) is 8.88. The molecule has 4 aliphatic carbocycles. The van der Waals surface area contributed by atoms with Gasteiger partial charge in [0.05, 0.1) is 6.42 Å². The zero-order valence-electron chi connectivity index (χ0n) is 15.3. The van der Waals surface area contributed by atoms with Crippen molar-refractivity contribution < 1.29 is 14.3 Å². The van der Waals surface area contributed by atoms with Crippen molar-refractivity contribution in [1.82, 2.24) is 0 Å². The van der Waals surface area contributed by atoms with E-state index in [0.717, 1.165) is 42.6 Å². The second-order valence-corrected chi connectivity index (χ2v) is 8.88. The van der Waals surface area contributed by atoms with E-state index in [0.29, 0.717) is 0 Å². The van der Waals surface area contributed by atoms with E-state index in [1.54, 1.807) is 0 Å². The lowest BCUT2D eigenvalue weighted by Crippen LogP contribution is -2.51. The molecule has 3 nitrogen and oxygen atoms in total. The highest BCUT2D eigenvalue weighted by atomic mass is 16.5.